The average Bonchev–Trinajstić information content (AvgIpc) is 2.35. The van der Waals surface area contributed by atoms with Crippen molar-refractivity contribution in [3.8, 4) is 0 Å². The van der Waals surface area contributed by atoms with Gasteiger partial charge in [-0.3, -0.25) is 0 Å². The Balaban J connectivity index is 2.12. The van der Waals surface area contributed by atoms with Gasteiger partial charge in [0, 0.05) is 30.0 Å². The Morgan fingerprint density at radius 1 is 1.29 bits per heavy atom. The molecule has 2 N–H and O–H groups in total. The minimum Gasteiger partial charge on any atom is -0.377 e. The minimum absolute atomic E-state index is 0.0654. The molecule has 3 unspecified atom stereocenters. The van der Waals surface area contributed by atoms with Crippen LogP contribution in [-0.4, -0.2) is 42.8 Å². The van der Waals surface area contributed by atoms with E-state index in [0.29, 0.717) is 12.0 Å². The van der Waals surface area contributed by atoms with Gasteiger partial charge < -0.3 is 15.4 Å². The molecule has 1 saturated heterocycles. The van der Waals surface area contributed by atoms with Gasteiger partial charge in [0.15, 0.2) is 0 Å². The van der Waals surface area contributed by atoms with Crippen LogP contribution < -0.4 is 5.73 Å². The second-order valence-electron chi connectivity index (χ2n) is 6.26. The molecular formula is C14H28N2O. The lowest BCUT2D eigenvalue weighted by Gasteiger charge is -2.67. The number of likely N-dealkylation sites (N-methyl/N-ethyl adjacent to an activating group) is 1. The molecule has 0 radical (unpaired) electrons. The molecule has 0 amide bonds. The molecule has 0 spiro atoms. The van der Waals surface area contributed by atoms with Gasteiger partial charge in [-0.15, -0.1) is 0 Å². The van der Waals surface area contributed by atoms with Gasteiger partial charge in [0.25, 0.3) is 0 Å². The van der Waals surface area contributed by atoms with Crippen molar-refractivity contribution in [1.29, 1.82) is 0 Å². The van der Waals surface area contributed by atoms with Crippen LogP contribution in [0, 0.1) is 11.3 Å². The van der Waals surface area contributed by atoms with Gasteiger partial charge in [-0.1, -0.05) is 27.7 Å². The summed E-state index contributed by atoms with van der Waals surface area (Å²) in [5.74, 6) is 0.562. The quantitative estimate of drug-likeness (QED) is 0.815. The lowest BCUT2D eigenvalue weighted by Crippen LogP contribution is -2.80. The second kappa shape index (κ2) is 4.52. The molecule has 17 heavy (non-hydrogen) atoms. The van der Waals surface area contributed by atoms with E-state index in [2.05, 4.69) is 32.6 Å². The molecule has 1 aliphatic carbocycles. The summed E-state index contributed by atoms with van der Waals surface area (Å²) in [6.45, 7) is 13.1. The fourth-order valence-corrected chi connectivity index (χ4v) is 3.80. The van der Waals surface area contributed by atoms with E-state index in [1.165, 1.54) is 12.8 Å². The molecule has 1 aliphatic heterocycles. The van der Waals surface area contributed by atoms with Crippen LogP contribution in [-0.2, 0) is 4.74 Å². The molecule has 0 bridgehead atoms. The Labute approximate surface area is 106 Å². The van der Waals surface area contributed by atoms with Crippen molar-refractivity contribution in [2.24, 2.45) is 17.1 Å². The van der Waals surface area contributed by atoms with Crippen LogP contribution in [0.25, 0.3) is 0 Å². The molecule has 2 fully saturated rings. The average molecular weight is 240 g/mol. The second-order valence-corrected chi connectivity index (χ2v) is 6.26. The molecule has 0 aromatic carbocycles. The number of rotatable bonds is 4. The normalized spacial score (nSPS) is 39.9. The van der Waals surface area contributed by atoms with Crippen LogP contribution in [0.3, 0.4) is 0 Å². The van der Waals surface area contributed by atoms with Crippen molar-refractivity contribution in [2.75, 3.05) is 26.2 Å². The number of hydrogen-bond donors (Lipinski definition) is 1. The summed E-state index contributed by atoms with van der Waals surface area (Å²) >= 11 is 0. The highest BCUT2D eigenvalue weighted by atomic mass is 16.5. The van der Waals surface area contributed by atoms with Gasteiger partial charge >= 0.3 is 0 Å². The summed E-state index contributed by atoms with van der Waals surface area (Å²) < 4.78 is 5.94. The van der Waals surface area contributed by atoms with Gasteiger partial charge in [-0.2, -0.15) is 0 Å². The van der Waals surface area contributed by atoms with E-state index in [9.17, 15) is 0 Å². The molecule has 3 heteroatoms. The fraction of sp³-hybridized carbons (Fsp3) is 1.00. The standard InChI is InChI=1S/C14H28N2O/c1-5-16(6-2)10-14(15)11-8-7-9-17-12(11)13(14,3)4/h11-12H,5-10,15H2,1-4H3. The smallest absolute Gasteiger partial charge is 0.0690 e. The van der Waals surface area contributed by atoms with Crippen LogP contribution in [0.1, 0.15) is 40.5 Å². The molecule has 0 aromatic rings. The highest BCUT2D eigenvalue weighted by Gasteiger charge is 2.66. The predicted molar refractivity (Wildman–Crippen MR) is 71.0 cm³/mol. The van der Waals surface area contributed by atoms with Crippen LogP contribution in [0.4, 0.5) is 0 Å². The number of ether oxygens (including phenoxy) is 1. The summed E-state index contributed by atoms with van der Waals surface area (Å²) in [4.78, 5) is 2.45. The zero-order chi connectivity index (χ0) is 12.7. The first-order valence-corrected chi connectivity index (χ1v) is 7.10. The first-order chi connectivity index (χ1) is 7.97. The summed E-state index contributed by atoms with van der Waals surface area (Å²) in [6, 6.07) is 0. The maximum Gasteiger partial charge on any atom is 0.0690 e. The molecule has 100 valence electrons. The summed E-state index contributed by atoms with van der Waals surface area (Å²) in [7, 11) is 0. The number of hydrogen-bond acceptors (Lipinski definition) is 3. The third-order valence-corrected chi connectivity index (χ3v) is 5.27. The summed E-state index contributed by atoms with van der Waals surface area (Å²) in [6.07, 6.45) is 2.80. The Kier molecular flexibility index (Phi) is 3.54. The van der Waals surface area contributed by atoms with Crippen molar-refractivity contribution in [1.82, 2.24) is 4.90 Å². The van der Waals surface area contributed by atoms with Crippen LogP contribution >= 0.6 is 0 Å². The topological polar surface area (TPSA) is 38.5 Å². The van der Waals surface area contributed by atoms with Crippen LogP contribution in [0.5, 0.6) is 0 Å². The van der Waals surface area contributed by atoms with Gasteiger partial charge in [0.1, 0.15) is 0 Å². The van der Waals surface area contributed by atoms with E-state index in [1.54, 1.807) is 0 Å². The highest BCUT2D eigenvalue weighted by molar-refractivity contribution is 5.20. The van der Waals surface area contributed by atoms with Crippen molar-refractivity contribution in [3.63, 3.8) is 0 Å². The van der Waals surface area contributed by atoms with E-state index < -0.39 is 0 Å². The third-order valence-electron chi connectivity index (χ3n) is 5.27. The Bertz CT molecular complexity index is 275. The van der Waals surface area contributed by atoms with Gasteiger partial charge in [0.2, 0.25) is 0 Å². The molecule has 0 aromatic heterocycles. The number of fused-ring (bicyclic) bond motifs is 1. The van der Waals surface area contributed by atoms with E-state index in [-0.39, 0.29) is 11.0 Å². The third kappa shape index (κ3) is 1.83. The highest BCUT2D eigenvalue weighted by Crippen LogP contribution is 2.57. The Morgan fingerprint density at radius 3 is 2.53 bits per heavy atom. The lowest BCUT2D eigenvalue weighted by atomic mass is 9.46. The zero-order valence-electron chi connectivity index (χ0n) is 11.8. The Hall–Kier alpha value is -0.120. The molecule has 2 rings (SSSR count). The maximum atomic E-state index is 6.77. The van der Waals surface area contributed by atoms with Crippen molar-refractivity contribution in [3.05, 3.63) is 0 Å². The van der Waals surface area contributed by atoms with Crippen molar-refractivity contribution >= 4 is 0 Å². The SMILES string of the molecule is CCN(CC)CC1(N)C2CCCOC2C1(C)C. The monoisotopic (exact) mass is 240 g/mol. The minimum atomic E-state index is -0.0654. The number of nitrogens with zero attached hydrogens (tertiary/aromatic N) is 1. The van der Waals surface area contributed by atoms with Gasteiger partial charge in [0.05, 0.1) is 6.10 Å². The van der Waals surface area contributed by atoms with E-state index in [4.69, 9.17) is 10.5 Å². The Morgan fingerprint density at radius 2 is 1.94 bits per heavy atom. The summed E-state index contributed by atoms with van der Waals surface area (Å²) in [5.41, 5.74) is 6.81. The molecule has 1 saturated carbocycles. The predicted octanol–water partition coefficient (Wildman–Crippen LogP) is 1.86. The number of nitrogens with two attached hydrogens (primary N) is 1. The molecule has 3 atom stereocenters. The van der Waals surface area contributed by atoms with E-state index in [1.807, 2.05) is 0 Å². The van der Waals surface area contributed by atoms with Gasteiger partial charge in [-0.05, 0) is 25.9 Å². The molecule has 3 nitrogen and oxygen atoms in total. The maximum absolute atomic E-state index is 6.77. The van der Waals surface area contributed by atoms with Crippen LogP contribution in [0.2, 0.25) is 0 Å². The first-order valence-electron chi connectivity index (χ1n) is 7.10. The van der Waals surface area contributed by atoms with E-state index >= 15 is 0 Å². The van der Waals surface area contributed by atoms with Crippen molar-refractivity contribution in [2.45, 2.75) is 52.2 Å². The van der Waals surface area contributed by atoms with Crippen LogP contribution in [0.15, 0.2) is 0 Å². The summed E-state index contributed by atoms with van der Waals surface area (Å²) in [5, 5.41) is 0. The first kappa shape index (κ1) is 13.3. The largest absolute Gasteiger partial charge is 0.377 e. The van der Waals surface area contributed by atoms with E-state index in [0.717, 1.165) is 26.2 Å². The van der Waals surface area contributed by atoms with Crippen molar-refractivity contribution < 1.29 is 4.74 Å². The molecule has 1 heterocycles. The van der Waals surface area contributed by atoms with Gasteiger partial charge in [-0.25, -0.2) is 0 Å². The molecule has 2 aliphatic rings. The fourth-order valence-electron chi connectivity index (χ4n) is 3.80. The zero-order valence-corrected chi connectivity index (χ0v) is 11.8. The molecular weight excluding hydrogens is 212 g/mol. The lowest BCUT2D eigenvalue weighted by molar-refractivity contribution is -0.231.